The minimum atomic E-state index is -1.10. The third-order valence-electron chi connectivity index (χ3n) is 6.77. The summed E-state index contributed by atoms with van der Waals surface area (Å²) in [5.41, 5.74) is -2.27. The van der Waals surface area contributed by atoms with Gasteiger partial charge in [-0.2, -0.15) is 0 Å². The number of carbonyl (C=O) groups is 3. The van der Waals surface area contributed by atoms with E-state index in [-0.39, 0.29) is 34.3 Å². The second-order valence-corrected chi connectivity index (χ2v) is 7.61. The molecular formula is C19H16O6. The van der Waals surface area contributed by atoms with Crippen molar-refractivity contribution in [1.82, 2.24) is 0 Å². The van der Waals surface area contributed by atoms with Crippen molar-refractivity contribution < 1.29 is 29.3 Å². The van der Waals surface area contributed by atoms with Gasteiger partial charge in [0.1, 0.15) is 17.6 Å². The van der Waals surface area contributed by atoms with Crippen LogP contribution in [-0.2, 0) is 9.53 Å². The van der Waals surface area contributed by atoms with E-state index in [2.05, 4.69) is 6.58 Å². The van der Waals surface area contributed by atoms with E-state index >= 15 is 0 Å². The Bertz CT molecular complexity index is 917. The highest BCUT2D eigenvalue weighted by Gasteiger charge is 2.84. The number of hydrogen-bond donors (Lipinski definition) is 2. The molecule has 3 fully saturated rings. The van der Waals surface area contributed by atoms with E-state index in [9.17, 15) is 24.6 Å². The lowest BCUT2D eigenvalue weighted by Crippen LogP contribution is -2.56. The van der Waals surface area contributed by atoms with Crippen LogP contribution in [0.25, 0.3) is 0 Å². The molecule has 128 valence electrons. The summed E-state index contributed by atoms with van der Waals surface area (Å²) in [7, 11) is 0. The van der Waals surface area contributed by atoms with Gasteiger partial charge in [-0.1, -0.05) is 6.08 Å². The number of phenolic OH excluding ortho intramolecular Hbond substituents is 2. The number of Topliss-reactive ketones (excluding diaryl/α,β-unsaturated/α-hetero) is 3. The SMILES string of the molecule is C=CC1CC12C(=O)C1OC2(C)C2C(=O)c3c(O)ccc(O)c3C(=O)C12. The summed E-state index contributed by atoms with van der Waals surface area (Å²) in [6.07, 6.45) is 1.28. The Morgan fingerprint density at radius 3 is 2.32 bits per heavy atom. The number of fused-ring (bicyclic) bond motifs is 7. The zero-order valence-corrected chi connectivity index (χ0v) is 13.5. The van der Waals surface area contributed by atoms with Crippen LogP contribution in [0.2, 0.25) is 0 Å². The highest BCUT2D eigenvalue weighted by Crippen LogP contribution is 2.74. The van der Waals surface area contributed by atoms with Crippen molar-refractivity contribution in [3.8, 4) is 11.5 Å². The van der Waals surface area contributed by atoms with Gasteiger partial charge in [0, 0.05) is 0 Å². The molecule has 1 aromatic carbocycles. The van der Waals surface area contributed by atoms with Gasteiger partial charge in [-0.05, 0) is 31.4 Å². The molecule has 1 spiro atoms. The van der Waals surface area contributed by atoms with Gasteiger partial charge in [-0.15, -0.1) is 6.58 Å². The fourth-order valence-electron chi connectivity index (χ4n) is 5.56. The number of ether oxygens (including phenoxy) is 1. The zero-order chi connectivity index (χ0) is 17.9. The minimum absolute atomic E-state index is 0.0713. The fourth-order valence-corrected chi connectivity index (χ4v) is 5.56. The number of ketones is 3. The van der Waals surface area contributed by atoms with Crippen LogP contribution in [0, 0.1) is 23.2 Å². The monoisotopic (exact) mass is 340 g/mol. The Balaban J connectivity index is 1.75. The average Bonchev–Trinajstić information content (AvgIpc) is 3.18. The Morgan fingerprint density at radius 2 is 1.76 bits per heavy atom. The van der Waals surface area contributed by atoms with Gasteiger partial charge in [0.15, 0.2) is 17.3 Å². The van der Waals surface area contributed by atoms with E-state index in [0.29, 0.717) is 6.42 Å². The molecule has 6 unspecified atom stereocenters. The van der Waals surface area contributed by atoms with E-state index in [1.165, 1.54) is 12.1 Å². The number of rotatable bonds is 1. The Labute approximate surface area is 143 Å². The zero-order valence-electron chi connectivity index (χ0n) is 13.5. The lowest BCUT2D eigenvalue weighted by molar-refractivity contribution is -0.127. The van der Waals surface area contributed by atoms with Crippen LogP contribution in [0.5, 0.6) is 11.5 Å². The topological polar surface area (TPSA) is 101 Å². The van der Waals surface area contributed by atoms with Crippen molar-refractivity contribution in [1.29, 1.82) is 0 Å². The maximum Gasteiger partial charge on any atom is 0.174 e. The molecule has 1 aromatic rings. The molecule has 6 heteroatoms. The molecule has 2 aliphatic heterocycles. The van der Waals surface area contributed by atoms with Gasteiger partial charge < -0.3 is 14.9 Å². The van der Waals surface area contributed by atoms with Crippen molar-refractivity contribution in [2.24, 2.45) is 23.2 Å². The first-order valence-corrected chi connectivity index (χ1v) is 8.27. The van der Waals surface area contributed by atoms with Crippen molar-refractivity contribution in [3.05, 3.63) is 35.9 Å². The molecule has 0 radical (unpaired) electrons. The molecule has 0 amide bonds. The van der Waals surface area contributed by atoms with Crippen LogP contribution in [0.3, 0.4) is 0 Å². The predicted molar refractivity (Wildman–Crippen MR) is 84.4 cm³/mol. The lowest BCUT2D eigenvalue weighted by atomic mass is 9.57. The van der Waals surface area contributed by atoms with E-state index in [1.807, 2.05) is 0 Å². The summed E-state index contributed by atoms with van der Waals surface area (Å²) in [5.74, 6) is -3.67. The molecule has 1 saturated carbocycles. The van der Waals surface area contributed by atoms with Crippen LogP contribution < -0.4 is 0 Å². The molecule has 0 aromatic heterocycles. The third-order valence-corrected chi connectivity index (χ3v) is 6.77. The van der Waals surface area contributed by atoms with E-state index in [0.717, 1.165) is 0 Å². The van der Waals surface area contributed by atoms with Crippen LogP contribution in [0.15, 0.2) is 24.8 Å². The Kier molecular flexibility index (Phi) is 2.38. The van der Waals surface area contributed by atoms with E-state index in [4.69, 9.17) is 4.74 Å². The highest BCUT2D eigenvalue weighted by molar-refractivity contribution is 6.22. The maximum absolute atomic E-state index is 13.2. The highest BCUT2D eigenvalue weighted by atomic mass is 16.5. The summed E-state index contributed by atoms with van der Waals surface area (Å²) in [6.45, 7) is 5.48. The number of hydrogen-bond acceptors (Lipinski definition) is 6. The summed E-state index contributed by atoms with van der Waals surface area (Å²) < 4.78 is 5.98. The minimum Gasteiger partial charge on any atom is -0.507 e. The Morgan fingerprint density at radius 1 is 1.16 bits per heavy atom. The maximum atomic E-state index is 13.2. The predicted octanol–water partition coefficient (Wildman–Crippen LogP) is 1.64. The van der Waals surface area contributed by atoms with Gasteiger partial charge in [0.25, 0.3) is 0 Å². The van der Waals surface area contributed by atoms with Gasteiger partial charge in [0.2, 0.25) is 0 Å². The summed E-state index contributed by atoms with van der Waals surface area (Å²) >= 11 is 0. The first-order valence-electron chi connectivity index (χ1n) is 8.27. The van der Waals surface area contributed by atoms with Gasteiger partial charge in [-0.25, -0.2) is 0 Å². The molecule has 2 heterocycles. The first kappa shape index (κ1) is 14.8. The fraction of sp³-hybridized carbons (Fsp3) is 0.421. The van der Waals surface area contributed by atoms with Crippen LogP contribution in [-0.4, -0.2) is 39.3 Å². The normalized spacial score (nSPS) is 43.3. The van der Waals surface area contributed by atoms with Crippen molar-refractivity contribution in [2.45, 2.75) is 25.0 Å². The summed E-state index contributed by atoms with van der Waals surface area (Å²) in [5, 5.41) is 20.2. The molecule has 4 aliphatic rings. The van der Waals surface area contributed by atoms with Gasteiger partial charge in [0.05, 0.1) is 34.0 Å². The van der Waals surface area contributed by atoms with Crippen molar-refractivity contribution in [2.75, 3.05) is 0 Å². The van der Waals surface area contributed by atoms with Gasteiger partial charge >= 0.3 is 0 Å². The van der Waals surface area contributed by atoms with Crippen LogP contribution in [0.1, 0.15) is 34.1 Å². The molecule has 6 nitrogen and oxygen atoms in total. The smallest absolute Gasteiger partial charge is 0.174 e. The molecule has 2 N–H and O–H groups in total. The van der Waals surface area contributed by atoms with E-state index in [1.54, 1.807) is 13.0 Å². The van der Waals surface area contributed by atoms with Crippen LogP contribution >= 0.6 is 0 Å². The average molecular weight is 340 g/mol. The quantitative estimate of drug-likeness (QED) is 0.595. The molecule has 6 atom stereocenters. The third kappa shape index (κ3) is 1.30. The molecule has 25 heavy (non-hydrogen) atoms. The number of phenols is 2. The second kappa shape index (κ2) is 4.02. The second-order valence-electron chi connectivity index (χ2n) is 7.61. The number of carbonyl (C=O) groups excluding carboxylic acids is 3. The number of aromatic hydroxyl groups is 2. The molecule has 2 bridgehead atoms. The molecule has 2 aliphatic carbocycles. The molecule has 5 rings (SSSR count). The largest absolute Gasteiger partial charge is 0.507 e. The standard InChI is InChI=1S/C19H16O6/c1-3-7-6-19(7)17(24)16-12-13(18(19,2)25-16)15(23)11-9(21)5-4-8(20)10(11)14(12)22/h3-5,7,12-13,16,20-21H,1,6H2,2H3. The number of benzene rings is 1. The summed E-state index contributed by atoms with van der Waals surface area (Å²) in [4.78, 5) is 39.1. The molecular weight excluding hydrogens is 324 g/mol. The van der Waals surface area contributed by atoms with Crippen molar-refractivity contribution in [3.63, 3.8) is 0 Å². The Hall–Kier alpha value is -2.47. The molecule has 2 saturated heterocycles. The lowest BCUT2D eigenvalue weighted by Gasteiger charge is -2.40. The van der Waals surface area contributed by atoms with Crippen LogP contribution in [0.4, 0.5) is 0 Å². The van der Waals surface area contributed by atoms with Gasteiger partial charge in [-0.3, -0.25) is 14.4 Å². The van der Waals surface area contributed by atoms with Crippen molar-refractivity contribution >= 4 is 17.3 Å². The summed E-state index contributed by atoms with van der Waals surface area (Å²) in [6, 6.07) is 2.37. The number of allylic oxidation sites excluding steroid dienone is 1. The first-order chi connectivity index (χ1) is 11.8. The van der Waals surface area contributed by atoms with E-state index < -0.39 is 40.5 Å².